The third-order valence-corrected chi connectivity index (χ3v) is 2.60. The van der Waals surface area contributed by atoms with Crippen LogP contribution in [0.25, 0.3) is 21.9 Å². The molecule has 0 saturated carbocycles. The van der Waals surface area contributed by atoms with Crippen molar-refractivity contribution in [3.63, 3.8) is 0 Å². The Bertz CT molecular complexity index is 674. The first-order chi connectivity index (χ1) is 8.25. The summed E-state index contributed by atoms with van der Waals surface area (Å²) in [5.41, 5.74) is 1.40. The van der Waals surface area contributed by atoms with Crippen LogP contribution in [-0.4, -0.2) is 17.4 Å². The van der Waals surface area contributed by atoms with Crippen molar-refractivity contribution in [2.45, 2.75) is 0 Å². The molecule has 3 aromatic rings. The van der Waals surface area contributed by atoms with Gasteiger partial charge in [0.05, 0.1) is 5.39 Å². The summed E-state index contributed by atoms with van der Waals surface area (Å²) in [6, 6.07) is 12.7. The normalized spacial score (nSPS) is 10.9. The van der Waals surface area contributed by atoms with Gasteiger partial charge in [-0.3, -0.25) is 0 Å². The van der Waals surface area contributed by atoms with Crippen molar-refractivity contribution in [1.82, 2.24) is 0 Å². The van der Waals surface area contributed by atoms with E-state index < -0.39 is 7.32 Å². The Morgan fingerprint density at radius 3 is 2.53 bits per heavy atom. The Morgan fingerprint density at radius 1 is 0.941 bits per heavy atom. The zero-order valence-electron chi connectivity index (χ0n) is 8.83. The van der Waals surface area contributed by atoms with E-state index in [1.54, 1.807) is 12.1 Å². The van der Waals surface area contributed by atoms with Gasteiger partial charge in [0, 0.05) is 5.39 Å². The van der Waals surface area contributed by atoms with Gasteiger partial charge < -0.3 is 19.1 Å². The van der Waals surface area contributed by atoms with Crippen LogP contribution in [0, 0.1) is 0 Å². The van der Waals surface area contributed by atoms with Crippen LogP contribution >= 0.6 is 0 Å². The maximum absolute atomic E-state index is 8.88. The van der Waals surface area contributed by atoms with E-state index in [1.165, 1.54) is 0 Å². The van der Waals surface area contributed by atoms with Crippen molar-refractivity contribution in [3.05, 3.63) is 42.5 Å². The number of hydrogen-bond acceptors (Lipinski definition) is 4. The Balaban J connectivity index is 2.35. The van der Waals surface area contributed by atoms with E-state index in [4.69, 9.17) is 19.1 Å². The van der Waals surface area contributed by atoms with E-state index in [1.807, 2.05) is 30.3 Å². The molecule has 2 N–H and O–H groups in total. The van der Waals surface area contributed by atoms with Crippen LogP contribution < -0.4 is 4.65 Å². The molecule has 0 unspecified atom stereocenters. The molecule has 17 heavy (non-hydrogen) atoms. The van der Waals surface area contributed by atoms with Crippen LogP contribution in [0.1, 0.15) is 0 Å². The van der Waals surface area contributed by atoms with Gasteiger partial charge >= 0.3 is 7.32 Å². The van der Waals surface area contributed by atoms with Crippen LogP contribution in [0.2, 0.25) is 0 Å². The number of benzene rings is 2. The van der Waals surface area contributed by atoms with E-state index in [-0.39, 0.29) is 0 Å². The van der Waals surface area contributed by atoms with Gasteiger partial charge in [0.25, 0.3) is 0 Å². The van der Waals surface area contributed by atoms with Gasteiger partial charge in [-0.15, -0.1) is 0 Å². The van der Waals surface area contributed by atoms with Gasteiger partial charge in [-0.2, -0.15) is 0 Å². The molecule has 0 fully saturated rings. The first-order valence-electron chi connectivity index (χ1n) is 5.19. The molecule has 4 nitrogen and oxygen atoms in total. The van der Waals surface area contributed by atoms with Gasteiger partial charge in [0.2, 0.25) is 0 Å². The van der Waals surface area contributed by atoms with E-state index in [0.29, 0.717) is 11.3 Å². The second kappa shape index (κ2) is 3.80. The van der Waals surface area contributed by atoms with Gasteiger partial charge in [-0.1, -0.05) is 24.3 Å². The minimum atomic E-state index is -1.84. The molecule has 84 valence electrons. The monoisotopic (exact) mass is 228 g/mol. The fourth-order valence-corrected chi connectivity index (χ4v) is 1.95. The number of hydrogen-bond donors (Lipinski definition) is 2. The topological polar surface area (TPSA) is 62.8 Å². The highest BCUT2D eigenvalue weighted by molar-refractivity contribution is 6.34. The molecule has 0 spiro atoms. The molecule has 5 heteroatoms. The molecular weight excluding hydrogens is 219 g/mol. The minimum absolute atomic E-state index is 0.391. The van der Waals surface area contributed by atoms with Crippen LogP contribution in [0.4, 0.5) is 0 Å². The van der Waals surface area contributed by atoms with Crippen LogP contribution in [0.5, 0.6) is 5.75 Å². The number of para-hydroxylation sites is 1. The molecular formula is C12H9BO4. The third-order valence-electron chi connectivity index (χ3n) is 2.60. The average molecular weight is 228 g/mol. The lowest BCUT2D eigenvalue weighted by Crippen LogP contribution is -2.20. The Hall–Kier alpha value is -1.98. The zero-order chi connectivity index (χ0) is 11.8. The second-order valence-electron chi connectivity index (χ2n) is 3.67. The number of rotatable bonds is 2. The highest BCUT2D eigenvalue weighted by Crippen LogP contribution is 2.35. The van der Waals surface area contributed by atoms with Crippen LogP contribution in [0.15, 0.2) is 46.9 Å². The predicted octanol–water partition coefficient (Wildman–Crippen LogP) is 1.93. The van der Waals surface area contributed by atoms with Crippen molar-refractivity contribution < 1.29 is 19.1 Å². The smallest absolute Gasteiger partial charge is 0.511 e. The summed E-state index contributed by atoms with van der Waals surface area (Å²) in [6.45, 7) is 0. The minimum Gasteiger partial charge on any atom is -0.511 e. The Labute approximate surface area is 97.2 Å². The lowest BCUT2D eigenvalue weighted by atomic mass is 10.1. The molecule has 0 saturated heterocycles. The third kappa shape index (κ3) is 1.65. The maximum atomic E-state index is 8.88. The van der Waals surface area contributed by atoms with Gasteiger partial charge in [0.15, 0.2) is 0 Å². The fraction of sp³-hybridized carbons (Fsp3) is 0. The predicted molar refractivity (Wildman–Crippen MR) is 64.5 cm³/mol. The number of furan rings is 1. The first kappa shape index (κ1) is 10.2. The van der Waals surface area contributed by atoms with Crippen molar-refractivity contribution in [2.24, 2.45) is 0 Å². The van der Waals surface area contributed by atoms with Crippen molar-refractivity contribution >= 4 is 29.3 Å². The quantitative estimate of drug-likeness (QED) is 0.658. The SMILES string of the molecule is OB(O)Oc1cccc2oc3ccccc3c12. The molecule has 1 heterocycles. The standard InChI is InChI=1S/C12H9BO4/c14-13(15)17-11-7-3-6-10-12(11)8-4-1-2-5-9(8)16-10/h1-7,14-15H. The lowest BCUT2D eigenvalue weighted by Gasteiger charge is -2.05. The maximum Gasteiger partial charge on any atom is 0.707 e. The van der Waals surface area contributed by atoms with E-state index in [9.17, 15) is 0 Å². The highest BCUT2D eigenvalue weighted by atomic mass is 16.6. The zero-order valence-corrected chi connectivity index (χ0v) is 8.83. The molecule has 3 rings (SSSR count). The Kier molecular flexibility index (Phi) is 2.28. The van der Waals surface area contributed by atoms with Crippen molar-refractivity contribution in [3.8, 4) is 5.75 Å². The van der Waals surface area contributed by atoms with E-state index in [0.717, 1.165) is 16.4 Å². The van der Waals surface area contributed by atoms with Gasteiger partial charge in [0.1, 0.15) is 16.9 Å². The summed E-state index contributed by atoms with van der Waals surface area (Å²) in [4.78, 5) is 0. The van der Waals surface area contributed by atoms with Crippen LogP contribution in [-0.2, 0) is 0 Å². The summed E-state index contributed by atoms with van der Waals surface area (Å²) in [5.74, 6) is 0.391. The molecule has 0 bridgehead atoms. The first-order valence-corrected chi connectivity index (χ1v) is 5.19. The van der Waals surface area contributed by atoms with Gasteiger partial charge in [-0.05, 0) is 18.2 Å². The summed E-state index contributed by atoms with van der Waals surface area (Å²) >= 11 is 0. The average Bonchev–Trinajstić information content (AvgIpc) is 2.67. The van der Waals surface area contributed by atoms with E-state index in [2.05, 4.69) is 0 Å². The molecule has 0 amide bonds. The largest absolute Gasteiger partial charge is 0.707 e. The van der Waals surface area contributed by atoms with E-state index >= 15 is 0 Å². The highest BCUT2D eigenvalue weighted by Gasteiger charge is 2.16. The van der Waals surface area contributed by atoms with Gasteiger partial charge in [-0.25, -0.2) is 0 Å². The van der Waals surface area contributed by atoms with Crippen molar-refractivity contribution in [1.29, 1.82) is 0 Å². The lowest BCUT2D eigenvalue weighted by molar-refractivity contribution is 0.289. The second-order valence-corrected chi connectivity index (χ2v) is 3.67. The molecule has 0 aliphatic carbocycles. The summed E-state index contributed by atoms with van der Waals surface area (Å²) in [6.07, 6.45) is 0. The molecule has 0 radical (unpaired) electrons. The molecule has 0 atom stereocenters. The summed E-state index contributed by atoms with van der Waals surface area (Å²) in [5, 5.41) is 19.4. The fourth-order valence-electron chi connectivity index (χ4n) is 1.95. The van der Waals surface area contributed by atoms with Crippen molar-refractivity contribution in [2.75, 3.05) is 0 Å². The molecule has 1 aromatic heterocycles. The summed E-state index contributed by atoms with van der Waals surface area (Å²) in [7, 11) is -1.84. The molecule has 0 aliphatic heterocycles. The number of fused-ring (bicyclic) bond motifs is 3. The molecule has 2 aromatic carbocycles. The van der Waals surface area contributed by atoms with Crippen LogP contribution in [0.3, 0.4) is 0 Å². The molecule has 0 aliphatic rings. The summed E-state index contributed by atoms with van der Waals surface area (Å²) < 4.78 is 10.6. The Morgan fingerprint density at radius 2 is 1.71 bits per heavy atom.